The lowest BCUT2D eigenvalue weighted by molar-refractivity contribution is 0.101. The molecular weight excluding hydrogens is 316 g/mol. The zero-order chi connectivity index (χ0) is 18.4. The van der Waals surface area contributed by atoms with Crippen LogP contribution >= 0.6 is 0 Å². The molecule has 0 spiro atoms. The Morgan fingerprint density at radius 1 is 1.00 bits per heavy atom. The van der Waals surface area contributed by atoms with Crippen LogP contribution in [0.5, 0.6) is 5.75 Å². The van der Waals surface area contributed by atoms with Crippen LogP contribution in [0.25, 0.3) is 0 Å². The molecule has 0 aliphatic heterocycles. The lowest BCUT2D eigenvalue weighted by Crippen LogP contribution is -2.38. The Morgan fingerprint density at radius 3 is 2.12 bits per heavy atom. The first-order valence-electron chi connectivity index (χ1n) is 8.12. The molecule has 0 unspecified atom stereocenters. The molecule has 0 bridgehead atoms. The van der Waals surface area contributed by atoms with Gasteiger partial charge in [-0.05, 0) is 48.9 Å². The maximum atomic E-state index is 12.1. The number of Topliss-reactive ketones (excluding diaryl/α,β-unsaturated/α-hetero) is 1. The Labute approximate surface area is 148 Å². The number of carbonyl (C=O) groups excluding carboxylic acids is 2. The van der Waals surface area contributed by atoms with Gasteiger partial charge >= 0.3 is 6.03 Å². The van der Waals surface area contributed by atoms with Crippen molar-refractivity contribution in [1.29, 1.82) is 0 Å². The predicted molar refractivity (Wildman–Crippen MR) is 99.5 cm³/mol. The van der Waals surface area contributed by atoms with E-state index >= 15 is 0 Å². The fourth-order valence-electron chi connectivity index (χ4n) is 2.41. The number of hydrogen-bond acceptors (Lipinski definition) is 3. The average Bonchev–Trinajstić information content (AvgIpc) is 2.60. The van der Waals surface area contributed by atoms with Crippen LogP contribution in [-0.2, 0) is 5.41 Å². The standard InChI is InChI=1S/C20H24N2O3/c1-14(23)15-5-9-17(10-6-15)22-19(24)21-13-20(2,3)16-7-11-18(25-4)12-8-16/h5-12H,13H2,1-4H3,(H2,21,22,24). The largest absolute Gasteiger partial charge is 0.497 e. The topological polar surface area (TPSA) is 67.4 Å². The van der Waals surface area contributed by atoms with E-state index in [1.54, 1.807) is 31.4 Å². The average molecular weight is 340 g/mol. The highest BCUT2D eigenvalue weighted by atomic mass is 16.5. The van der Waals surface area contributed by atoms with E-state index in [0.717, 1.165) is 11.3 Å². The van der Waals surface area contributed by atoms with Gasteiger partial charge in [-0.2, -0.15) is 0 Å². The number of benzene rings is 2. The summed E-state index contributed by atoms with van der Waals surface area (Å²) in [6.07, 6.45) is 0. The number of anilines is 1. The summed E-state index contributed by atoms with van der Waals surface area (Å²) < 4.78 is 5.17. The van der Waals surface area contributed by atoms with Crippen molar-refractivity contribution in [3.05, 3.63) is 59.7 Å². The van der Waals surface area contributed by atoms with Crippen molar-refractivity contribution in [2.75, 3.05) is 19.0 Å². The molecule has 0 atom stereocenters. The number of carbonyl (C=O) groups is 2. The van der Waals surface area contributed by atoms with Gasteiger partial charge in [-0.1, -0.05) is 26.0 Å². The summed E-state index contributed by atoms with van der Waals surface area (Å²) in [7, 11) is 1.63. The summed E-state index contributed by atoms with van der Waals surface area (Å²) in [5.74, 6) is 0.802. The Morgan fingerprint density at radius 2 is 1.60 bits per heavy atom. The van der Waals surface area contributed by atoms with Crippen LogP contribution in [0.1, 0.15) is 36.7 Å². The molecule has 0 fully saturated rings. The van der Waals surface area contributed by atoms with Gasteiger partial charge in [0.1, 0.15) is 5.75 Å². The van der Waals surface area contributed by atoms with Crippen LogP contribution in [0.15, 0.2) is 48.5 Å². The number of ketones is 1. The van der Waals surface area contributed by atoms with Crippen molar-refractivity contribution in [1.82, 2.24) is 5.32 Å². The summed E-state index contributed by atoms with van der Waals surface area (Å²) in [6, 6.07) is 14.4. The molecule has 0 radical (unpaired) electrons. The number of ether oxygens (including phenoxy) is 1. The van der Waals surface area contributed by atoms with Crippen LogP contribution in [-0.4, -0.2) is 25.5 Å². The van der Waals surface area contributed by atoms with Gasteiger partial charge in [0.2, 0.25) is 0 Å². The molecule has 0 aliphatic carbocycles. The van der Waals surface area contributed by atoms with E-state index in [1.165, 1.54) is 6.92 Å². The molecule has 2 aromatic rings. The van der Waals surface area contributed by atoms with Gasteiger partial charge in [-0.3, -0.25) is 4.79 Å². The second-order valence-corrected chi connectivity index (χ2v) is 6.55. The van der Waals surface area contributed by atoms with Gasteiger partial charge in [0.25, 0.3) is 0 Å². The zero-order valence-electron chi connectivity index (χ0n) is 15.1. The molecule has 0 saturated carbocycles. The molecule has 0 aromatic heterocycles. The Bertz CT molecular complexity index is 735. The number of nitrogens with one attached hydrogen (secondary N) is 2. The first kappa shape index (κ1) is 18.5. The summed E-state index contributed by atoms with van der Waals surface area (Å²) >= 11 is 0. The predicted octanol–water partition coefficient (Wildman–Crippen LogP) is 4.00. The number of urea groups is 1. The smallest absolute Gasteiger partial charge is 0.319 e. The second kappa shape index (κ2) is 7.83. The van der Waals surface area contributed by atoms with Gasteiger partial charge < -0.3 is 15.4 Å². The van der Waals surface area contributed by atoms with Crippen molar-refractivity contribution in [2.45, 2.75) is 26.2 Å². The number of hydrogen-bond donors (Lipinski definition) is 2. The molecule has 25 heavy (non-hydrogen) atoms. The van der Waals surface area contributed by atoms with Crippen LogP contribution < -0.4 is 15.4 Å². The molecule has 5 heteroatoms. The number of methoxy groups -OCH3 is 1. The SMILES string of the molecule is COc1ccc(C(C)(C)CNC(=O)Nc2ccc(C(C)=O)cc2)cc1. The summed E-state index contributed by atoms with van der Waals surface area (Å²) in [6.45, 7) is 6.13. The normalized spacial score (nSPS) is 10.9. The van der Waals surface area contributed by atoms with Crippen molar-refractivity contribution >= 4 is 17.5 Å². The first-order valence-corrected chi connectivity index (χ1v) is 8.12. The fraction of sp³-hybridized carbons (Fsp3) is 0.300. The zero-order valence-corrected chi connectivity index (χ0v) is 15.1. The van der Waals surface area contributed by atoms with Crippen molar-refractivity contribution < 1.29 is 14.3 Å². The molecule has 2 rings (SSSR count). The van der Waals surface area contributed by atoms with E-state index in [9.17, 15) is 9.59 Å². The lowest BCUT2D eigenvalue weighted by atomic mass is 9.84. The molecule has 0 saturated heterocycles. The minimum absolute atomic E-state index is 0.00255. The van der Waals surface area contributed by atoms with E-state index in [-0.39, 0.29) is 17.2 Å². The third kappa shape index (κ3) is 5.08. The van der Waals surface area contributed by atoms with Gasteiger partial charge in [0, 0.05) is 23.2 Å². The maximum Gasteiger partial charge on any atom is 0.319 e. The first-order chi connectivity index (χ1) is 11.8. The maximum absolute atomic E-state index is 12.1. The van der Waals surface area contributed by atoms with Crippen LogP contribution in [0, 0.1) is 0 Å². The summed E-state index contributed by atoms with van der Waals surface area (Å²) in [5, 5.41) is 5.66. The Balaban J connectivity index is 1.92. The van der Waals surface area contributed by atoms with E-state index < -0.39 is 0 Å². The molecule has 2 amide bonds. The highest BCUT2D eigenvalue weighted by Gasteiger charge is 2.21. The quantitative estimate of drug-likeness (QED) is 0.781. The minimum atomic E-state index is -0.280. The van der Waals surface area contributed by atoms with Crippen LogP contribution in [0.3, 0.4) is 0 Å². The van der Waals surface area contributed by atoms with E-state index in [0.29, 0.717) is 17.8 Å². The van der Waals surface area contributed by atoms with Crippen LogP contribution in [0.2, 0.25) is 0 Å². The third-order valence-corrected chi connectivity index (χ3v) is 4.11. The van der Waals surface area contributed by atoms with E-state index in [4.69, 9.17) is 4.74 Å². The molecule has 0 aliphatic rings. The Hall–Kier alpha value is -2.82. The molecule has 0 heterocycles. The van der Waals surface area contributed by atoms with Gasteiger partial charge in [-0.15, -0.1) is 0 Å². The van der Waals surface area contributed by atoms with Gasteiger partial charge in [-0.25, -0.2) is 4.79 Å². The Kier molecular flexibility index (Phi) is 5.80. The molecule has 2 N–H and O–H groups in total. The molecular formula is C20H24N2O3. The van der Waals surface area contributed by atoms with Gasteiger partial charge in [0.15, 0.2) is 5.78 Å². The van der Waals surface area contributed by atoms with Crippen molar-refractivity contribution in [3.8, 4) is 5.75 Å². The lowest BCUT2D eigenvalue weighted by Gasteiger charge is -2.26. The van der Waals surface area contributed by atoms with Crippen molar-refractivity contribution in [3.63, 3.8) is 0 Å². The highest BCUT2D eigenvalue weighted by Crippen LogP contribution is 2.24. The highest BCUT2D eigenvalue weighted by molar-refractivity contribution is 5.95. The van der Waals surface area contributed by atoms with Gasteiger partial charge in [0.05, 0.1) is 7.11 Å². The van der Waals surface area contributed by atoms with E-state index in [2.05, 4.69) is 24.5 Å². The summed E-state index contributed by atoms with van der Waals surface area (Å²) in [4.78, 5) is 23.4. The molecule has 132 valence electrons. The van der Waals surface area contributed by atoms with E-state index in [1.807, 2.05) is 24.3 Å². The molecule has 5 nitrogen and oxygen atoms in total. The molecule has 2 aromatic carbocycles. The second-order valence-electron chi connectivity index (χ2n) is 6.55. The number of rotatable bonds is 6. The summed E-state index contributed by atoms with van der Waals surface area (Å²) in [5.41, 5.74) is 2.15. The fourth-order valence-corrected chi connectivity index (χ4v) is 2.41. The minimum Gasteiger partial charge on any atom is -0.497 e. The monoisotopic (exact) mass is 340 g/mol. The van der Waals surface area contributed by atoms with Crippen LogP contribution in [0.4, 0.5) is 10.5 Å². The number of amides is 2. The third-order valence-electron chi connectivity index (χ3n) is 4.11. The van der Waals surface area contributed by atoms with Crippen molar-refractivity contribution in [2.24, 2.45) is 0 Å².